The van der Waals surface area contributed by atoms with E-state index in [0.29, 0.717) is 57.7 Å². The number of hydrogen-bond acceptors (Lipinski definition) is 24. The van der Waals surface area contributed by atoms with E-state index in [-0.39, 0.29) is 83.5 Å². The molecule has 0 amide bonds. The molecule has 12 heterocycles. The molecule has 0 saturated heterocycles. The van der Waals surface area contributed by atoms with Crippen LogP contribution in [0.15, 0.2) is 202 Å². The van der Waals surface area contributed by atoms with Crippen molar-refractivity contribution in [2.45, 2.75) is 272 Å². The second kappa shape index (κ2) is 46.5. The largest absolute Gasteiger partial charge is 0.267 e. The molecule has 772 valence electrons. The van der Waals surface area contributed by atoms with Gasteiger partial charge in [0.15, 0.2) is 23.3 Å². The molecule has 18 aromatic rings. The van der Waals surface area contributed by atoms with E-state index in [1.54, 1.807) is 46.8 Å². The maximum Gasteiger partial charge on any atom is 0.163 e. The second-order valence-electron chi connectivity index (χ2n) is 44.6. The minimum absolute atomic E-state index is 0. The van der Waals surface area contributed by atoms with Crippen LogP contribution in [-0.2, 0) is 83.5 Å². The third-order valence-electron chi connectivity index (χ3n) is 22.5. The number of aryl methyl sites for hydroxylation is 9. The Morgan fingerprint density at radius 1 is 0.228 bits per heavy atom. The Morgan fingerprint density at radius 3 is 0.732 bits per heavy atom. The summed E-state index contributed by atoms with van der Waals surface area (Å²) in [6, 6.07) is 57.9. The molecule has 32 nitrogen and oxygen atoms in total. The van der Waals surface area contributed by atoms with E-state index in [1.165, 1.54) is 0 Å². The van der Waals surface area contributed by atoms with Crippen molar-refractivity contribution in [2.24, 2.45) is 0 Å². The van der Waals surface area contributed by atoms with Gasteiger partial charge in [-0.3, -0.25) is 19.1 Å². The topological polar surface area (TPSA) is 348 Å². The van der Waals surface area contributed by atoms with Gasteiger partial charge in [-0.2, -0.15) is 54.9 Å². The van der Waals surface area contributed by atoms with Crippen LogP contribution in [0.5, 0.6) is 0 Å². The van der Waals surface area contributed by atoms with Crippen molar-refractivity contribution in [2.75, 3.05) is 0 Å². The first-order valence-corrected chi connectivity index (χ1v) is 48.7. The summed E-state index contributed by atoms with van der Waals surface area (Å²) in [5.74, 6) is 9.97. The summed E-state index contributed by atoms with van der Waals surface area (Å²) in [7, 11) is 0. The minimum Gasteiger partial charge on any atom is -0.267 e. The molecule has 0 atom stereocenters. The van der Waals surface area contributed by atoms with Crippen LogP contribution < -0.4 is 0 Å². The third kappa shape index (κ3) is 29.9. The van der Waals surface area contributed by atoms with Crippen molar-refractivity contribution in [3.05, 3.63) is 334 Å². The monoisotopic (exact) mass is 2350 g/mol. The molecule has 149 heavy (non-hydrogen) atoms. The normalized spacial score (nSPS) is 11.7. The van der Waals surface area contributed by atoms with E-state index in [0.717, 1.165) is 154 Å². The molecular formula is C115H132Ir2N32-2. The zero-order valence-electron chi connectivity index (χ0n) is 91.5. The van der Waals surface area contributed by atoms with Crippen LogP contribution in [0.3, 0.4) is 0 Å². The molecule has 12 aromatic heterocycles. The number of aromatic nitrogens is 30. The Bertz CT molecular complexity index is 7470. The fourth-order valence-corrected chi connectivity index (χ4v) is 14.7. The quantitative estimate of drug-likeness (QED) is 0.103. The summed E-state index contributed by atoms with van der Waals surface area (Å²) in [6.45, 7) is 83.0. The third-order valence-corrected chi connectivity index (χ3v) is 22.5. The zero-order valence-corrected chi connectivity index (χ0v) is 96.3. The smallest absolute Gasteiger partial charge is 0.163 e. The van der Waals surface area contributed by atoms with E-state index in [1.807, 2.05) is 221 Å². The van der Waals surface area contributed by atoms with Gasteiger partial charge in [-0.05, 0) is 147 Å². The number of hydrogen-bond donors (Lipinski definition) is 0. The Labute approximate surface area is 902 Å². The number of rotatable bonds is 12. The Hall–Kier alpha value is -15.1. The standard InChI is InChI=1S/C23H27N6.C22H25N6.2C18H21N5.2C17H19N5.2Ir/c1-14-10-15(2)29(28-14)18-12-16(11-17(13-18)24-9)19-25-20(22(3,4)5)27-21(26-19)23(6,7)8;1-14-9-10-28(27-14)17-12-15(11-16(13-17)23-8)18-24-19(21(2,3)4)26-20(25-18)22(5,6)7;2*1-12-9-13(2)23(22-12)15-8-6-7-14(10-15)16-19-11-20-17(21-16)18(3,4)5;2*1-12-8-9-22(21-12)14-7-5-6-13(10-14)15-18-11-19-16(20-15)17(2,3)4;;/h10-12H,1-8H3;9-12H,1-7H3;2*6-11H,1-5H3;2*5-11H,1-4H3;;/q2*-1;;;;;;. The van der Waals surface area contributed by atoms with Gasteiger partial charge >= 0.3 is 0 Å². The summed E-state index contributed by atoms with van der Waals surface area (Å²) in [5.41, 5.74) is 19.2. The molecule has 34 heteroatoms. The first-order valence-electron chi connectivity index (χ1n) is 48.7. The number of benzene rings is 6. The maximum absolute atomic E-state index is 7.51. The van der Waals surface area contributed by atoms with Crippen molar-refractivity contribution in [1.82, 2.24) is 148 Å². The summed E-state index contributed by atoms with van der Waals surface area (Å²) in [4.78, 5) is 88.5. The van der Waals surface area contributed by atoms with Gasteiger partial charge in [0.1, 0.15) is 83.6 Å². The number of nitrogens with zero attached hydrogens (tertiary/aromatic N) is 32. The summed E-state index contributed by atoms with van der Waals surface area (Å²) < 4.78 is 11.1. The first-order chi connectivity index (χ1) is 68.9. The maximum atomic E-state index is 7.51. The van der Waals surface area contributed by atoms with Crippen LogP contribution in [0.4, 0.5) is 11.4 Å². The van der Waals surface area contributed by atoms with E-state index in [2.05, 4.69) is 303 Å². The average molecular weight is 2350 g/mol. The van der Waals surface area contributed by atoms with Crippen LogP contribution >= 0.6 is 0 Å². The fourth-order valence-electron chi connectivity index (χ4n) is 14.7. The minimum atomic E-state index is -0.222. The molecule has 6 aromatic carbocycles. The summed E-state index contributed by atoms with van der Waals surface area (Å²) in [6.07, 6.45) is 12.1. The summed E-state index contributed by atoms with van der Waals surface area (Å²) >= 11 is 0. The molecule has 0 aliphatic heterocycles. The van der Waals surface area contributed by atoms with E-state index >= 15 is 0 Å². The molecule has 0 unspecified atom stereocenters. The molecule has 0 spiro atoms. The zero-order chi connectivity index (χ0) is 107. The second-order valence-corrected chi connectivity index (χ2v) is 44.6. The predicted molar refractivity (Wildman–Crippen MR) is 577 cm³/mol. The van der Waals surface area contributed by atoms with E-state index in [4.69, 9.17) is 43.0 Å². The molecule has 0 saturated carbocycles. The van der Waals surface area contributed by atoms with Gasteiger partial charge < -0.3 is 0 Å². The fraction of sp³-hybridized carbons (Fsp3) is 0.357. The molecular weight excluding hydrogens is 2210 g/mol. The van der Waals surface area contributed by atoms with Crippen LogP contribution in [0.1, 0.15) is 264 Å². The average Bonchev–Trinajstić information content (AvgIpc) is 1.60. The molecule has 18 rings (SSSR count). The van der Waals surface area contributed by atoms with Crippen molar-refractivity contribution < 1.29 is 40.2 Å². The predicted octanol–water partition coefficient (Wildman–Crippen LogP) is 24.2. The molecule has 2 radical (unpaired) electrons. The van der Waals surface area contributed by atoms with Gasteiger partial charge in [0, 0.05) is 141 Å². The molecule has 0 aliphatic carbocycles. The van der Waals surface area contributed by atoms with Gasteiger partial charge in [-0.15, -0.1) is 12.1 Å². The SMILES string of the molecule is Cc1cc(C)n(-c2cccc(-c3ncnc(C(C)(C)C)n3)c2)n1.Cc1cc(C)n(-c2cccc(-c3ncnc(C(C)(C)C)n3)c2)n1.Cc1ccn(-c2cccc(-c3ncnc(C(C)(C)C)n3)c2)n1.Cc1ccn(-c2cccc(-c3ncnc(C(C)(C)C)n3)c2)n1.[C-]#[N+]c1[c-]c(-n2ccc(C)n2)cc(-c2nc(C(C)(C)C)nc(C(C)(C)C)n2)c1.[C-]#[N+]c1[c-]c(-n2nc(C)cc2C)cc(-c2nc(C(C)(C)C)nc(C(C)(C)C)n2)c1.[Ir].[Ir]. The molecule has 0 aliphatic rings. The molecule has 0 bridgehead atoms. The van der Waals surface area contributed by atoms with Crippen molar-refractivity contribution >= 4 is 11.4 Å². The molecule has 0 fully saturated rings. The van der Waals surface area contributed by atoms with Gasteiger partial charge in [-0.25, -0.2) is 108 Å². The Balaban J connectivity index is 0.000000170. The Kier molecular flexibility index (Phi) is 35.7. The van der Waals surface area contributed by atoms with Crippen molar-refractivity contribution in [3.8, 4) is 102 Å². The van der Waals surface area contributed by atoms with Crippen LogP contribution in [-0.4, -0.2) is 148 Å². The van der Waals surface area contributed by atoms with Gasteiger partial charge in [0.25, 0.3) is 0 Å². The van der Waals surface area contributed by atoms with Crippen LogP contribution in [0, 0.1) is 87.6 Å². The molecule has 0 N–H and O–H groups in total. The van der Waals surface area contributed by atoms with Gasteiger partial charge in [-0.1, -0.05) is 237 Å². The first kappa shape index (κ1) is 114. The van der Waals surface area contributed by atoms with Crippen LogP contribution in [0.2, 0.25) is 0 Å². The van der Waals surface area contributed by atoms with Crippen LogP contribution in [0.25, 0.3) is 112 Å². The Morgan fingerprint density at radius 2 is 0.477 bits per heavy atom. The van der Waals surface area contributed by atoms with Crippen molar-refractivity contribution in [1.29, 1.82) is 0 Å². The van der Waals surface area contributed by atoms with Crippen molar-refractivity contribution in [3.63, 3.8) is 0 Å². The van der Waals surface area contributed by atoms with Gasteiger partial charge in [0.2, 0.25) is 0 Å². The van der Waals surface area contributed by atoms with E-state index in [9.17, 15) is 0 Å². The van der Waals surface area contributed by atoms with E-state index < -0.39 is 0 Å². The van der Waals surface area contributed by atoms with Gasteiger partial charge in [0.05, 0.1) is 81.4 Å². The summed E-state index contributed by atoms with van der Waals surface area (Å²) in [5, 5.41) is 26.9.